The van der Waals surface area contributed by atoms with Crippen LogP contribution in [0.15, 0.2) is 35.8 Å². The molecule has 0 aromatic heterocycles. The van der Waals surface area contributed by atoms with Gasteiger partial charge in [0.2, 0.25) is 5.88 Å². The summed E-state index contributed by atoms with van der Waals surface area (Å²) in [4.78, 5) is 10.9. The van der Waals surface area contributed by atoms with Gasteiger partial charge in [-0.2, -0.15) is 0 Å². The van der Waals surface area contributed by atoms with Crippen molar-refractivity contribution in [2.75, 3.05) is 0 Å². The molecular weight excluding hydrogens is 355 g/mol. The minimum atomic E-state index is -4.71. The molecule has 144 valence electrons. The molecule has 0 bridgehead atoms. The molecule has 6 N–H and O–H groups in total. The Kier molecular flexibility index (Phi) is 6.19. The summed E-state index contributed by atoms with van der Waals surface area (Å²) in [6.45, 7) is 0. The first-order valence-corrected chi connectivity index (χ1v) is 7.91. The number of rotatable bonds is 6. The molecule has 0 atom stereocenters. The Morgan fingerprint density at radius 2 is 1.73 bits per heavy atom. The Labute approximate surface area is 147 Å². The molecule has 2 rings (SSSR count). The van der Waals surface area contributed by atoms with E-state index in [1.54, 1.807) is 12.1 Å². The van der Waals surface area contributed by atoms with Crippen molar-refractivity contribution in [3.63, 3.8) is 0 Å². The van der Waals surface area contributed by atoms with Crippen LogP contribution in [0.3, 0.4) is 0 Å². The lowest BCUT2D eigenvalue weighted by Gasteiger charge is -2.29. The van der Waals surface area contributed by atoms with Crippen molar-refractivity contribution in [3.05, 3.63) is 41.4 Å². The molecule has 1 aromatic carbocycles. The van der Waals surface area contributed by atoms with Gasteiger partial charge >= 0.3 is 12.3 Å². The number of halogens is 3. The molecule has 0 saturated heterocycles. The van der Waals surface area contributed by atoms with Gasteiger partial charge in [0.05, 0.1) is 0 Å². The van der Waals surface area contributed by atoms with E-state index in [2.05, 4.69) is 4.74 Å². The SMILES string of the molecule is NN/C(C(=O)O)=C(\N)OC1CCC(c2ccc(OC(F)(F)F)cc2)CC1. The molecule has 1 fully saturated rings. The van der Waals surface area contributed by atoms with Crippen LogP contribution in [0.1, 0.15) is 37.2 Å². The number of ether oxygens (including phenoxy) is 2. The number of aliphatic carboxylic acids is 1. The molecule has 1 aromatic rings. The van der Waals surface area contributed by atoms with E-state index >= 15 is 0 Å². The smallest absolute Gasteiger partial charge is 0.476 e. The number of benzene rings is 1. The first-order valence-electron chi connectivity index (χ1n) is 7.91. The van der Waals surface area contributed by atoms with Gasteiger partial charge in [0.15, 0.2) is 5.70 Å². The molecule has 1 saturated carbocycles. The molecule has 0 aliphatic heterocycles. The lowest BCUT2D eigenvalue weighted by Crippen LogP contribution is -2.32. The second-order valence-corrected chi connectivity index (χ2v) is 5.90. The average Bonchev–Trinajstić information content (AvgIpc) is 2.55. The number of carboxylic acids is 1. The highest BCUT2D eigenvalue weighted by Gasteiger charge is 2.31. The van der Waals surface area contributed by atoms with Crippen LogP contribution in [-0.2, 0) is 9.53 Å². The third kappa shape index (κ3) is 5.45. The van der Waals surface area contributed by atoms with Gasteiger partial charge in [0.25, 0.3) is 0 Å². The lowest BCUT2D eigenvalue weighted by molar-refractivity contribution is -0.274. The molecule has 0 radical (unpaired) electrons. The van der Waals surface area contributed by atoms with Crippen LogP contribution < -0.4 is 21.7 Å². The molecule has 0 spiro atoms. The first kappa shape index (κ1) is 19.7. The molecule has 0 unspecified atom stereocenters. The van der Waals surface area contributed by atoms with E-state index in [1.165, 1.54) is 12.1 Å². The van der Waals surface area contributed by atoms with Gasteiger partial charge in [-0.1, -0.05) is 12.1 Å². The van der Waals surface area contributed by atoms with E-state index in [0.29, 0.717) is 12.8 Å². The summed E-state index contributed by atoms with van der Waals surface area (Å²) in [6, 6.07) is 5.81. The van der Waals surface area contributed by atoms with Gasteiger partial charge in [-0.05, 0) is 49.3 Å². The highest BCUT2D eigenvalue weighted by Crippen LogP contribution is 2.35. The van der Waals surface area contributed by atoms with E-state index in [-0.39, 0.29) is 23.7 Å². The van der Waals surface area contributed by atoms with E-state index in [4.69, 9.17) is 21.4 Å². The lowest BCUT2D eigenvalue weighted by atomic mass is 9.83. The third-order valence-electron chi connectivity index (χ3n) is 4.16. The summed E-state index contributed by atoms with van der Waals surface area (Å²) in [5, 5.41) is 8.92. The molecule has 7 nitrogen and oxygen atoms in total. The van der Waals surface area contributed by atoms with Crippen molar-refractivity contribution >= 4 is 5.97 Å². The van der Waals surface area contributed by atoms with Gasteiger partial charge in [0.1, 0.15) is 11.9 Å². The van der Waals surface area contributed by atoms with Crippen LogP contribution in [-0.4, -0.2) is 23.5 Å². The zero-order chi connectivity index (χ0) is 19.3. The molecule has 0 amide bonds. The Balaban J connectivity index is 1.91. The minimum Gasteiger partial charge on any atom is -0.476 e. The van der Waals surface area contributed by atoms with Crippen LogP contribution in [0.4, 0.5) is 13.2 Å². The number of carbonyl (C=O) groups is 1. The molecule has 0 heterocycles. The first-order chi connectivity index (χ1) is 12.2. The maximum absolute atomic E-state index is 12.2. The predicted octanol–water partition coefficient (Wildman–Crippen LogP) is 2.30. The topological polar surface area (TPSA) is 120 Å². The largest absolute Gasteiger partial charge is 0.573 e. The quantitative estimate of drug-likeness (QED) is 0.261. The number of hydrogen-bond acceptors (Lipinski definition) is 6. The van der Waals surface area contributed by atoms with E-state index in [0.717, 1.165) is 18.4 Å². The second kappa shape index (κ2) is 8.17. The normalized spacial score (nSPS) is 21.5. The number of carboxylic acid groups (broad SMARTS) is 1. The zero-order valence-corrected chi connectivity index (χ0v) is 13.8. The molecule has 1 aliphatic carbocycles. The summed E-state index contributed by atoms with van der Waals surface area (Å²) in [7, 11) is 0. The van der Waals surface area contributed by atoms with Gasteiger partial charge in [-0.25, -0.2) is 4.79 Å². The maximum Gasteiger partial charge on any atom is 0.573 e. The summed E-state index contributed by atoms with van der Waals surface area (Å²) in [5.74, 6) is 3.41. The van der Waals surface area contributed by atoms with Crippen LogP contribution >= 0.6 is 0 Å². The zero-order valence-electron chi connectivity index (χ0n) is 13.8. The summed E-state index contributed by atoms with van der Waals surface area (Å²) in [6.07, 6.45) is -2.24. The number of hydrazine groups is 1. The van der Waals surface area contributed by atoms with Crippen molar-refractivity contribution in [1.29, 1.82) is 0 Å². The summed E-state index contributed by atoms with van der Waals surface area (Å²) in [5.41, 5.74) is 8.09. The van der Waals surface area contributed by atoms with Gasteiger partial charge < -0.3 is 25.7 Å². The molecule has 26 heavy (non-hydrogen) atoms. The minimum absolute atomic E-state index is 0.173. The fourth-order valence-corrected chi connectivity index (χ4v) is 2.93. The van der Waals surface area contributed by atoms with Crippen molar-refractivity contribution in [1.82, 2.24) is 5.43 Å². The van der Waals surface area contributed by atoms with Crippen molar-refractivity contribution in [2.24, 2.45) is 11.6 Å². The Hall–Kier alpha value is -2.62. The van der Waals surface area contributed by atoms with E-state index in [1.807, 2.05) is 5.43 Å². The van der Waals surface area contributed by atoms with Crippen LogP contribution in [0.5, 0.6) is 5.75 Å². The monoisotopic (exact) mass is 375 g/mol. The third-order valence-corrected chi connectivity index (χ3v) is 4.16. The summed E-state index contributed by atoms with van der Waals surface area (Å²) < 4.78 is 45.8. The summed E-state index contributed by atoms with van der Waals surface area (Å²) >= 11 is 0. The van der Waals surface area contributed by atoms with Gasteiger partial charge in [0, 0.05) is 0 Å². The highest BCUT2D eigenvalue weighted by molar-refractivity contribution is 5.86. The van der Waals surface area contributed by atoms with Crippen LogP contribution in [0.2, 0.25) is 0 Å². The Bertz CT molecular complexity index is 654. The Morgan fingerprint density at radius 3 is 2.19 bits per heavy atom. The number of nitrogens with two attached hydrogens (primary N) is 2. The number of nitrogens with one attached hydrogen (secondary N) is 1. The van der Waals surface area contributed by atoms with Gasteiger partial charge in [-0.3, -0.25) is 5.84 Å². The fourth-order valence-electron chi connectivity index (χ4n) is 2.93. The van der Waals surface area contributed by atoms with Crippen molar-refractivity contribution in [2.45, 2.75) is 44.1 Å². The molecule has 10 heteroatoms. The van der Waals surface area contributed by atoms with E-state index in [9.17, 15) is 18.0 Å². The van der Waals surface area contributed by atoms with Crippen LogP contribution in [0.25, 0.3) is 0 Å². The standard InChI is InChI=1S/C16H20F3N3O4/c17-16(18,19)26-12-7-3-10(4-8-12)9-1-5-11(6-2-9)25-14(20)13(22-21)15(23)24/h3-4,7-9,11,22H,1-2,5-6,20-21H2,(H,23,24)/b14-13+. The van der Waals surface area contributed by atoms with Crippen LogP contribution in [0, 0.1) is 0 Å². The second-order valence-electron chi connectivity index (χ2n) is 5.90. The number of alkyl halides is 3. The van der Waals surface area contributed by atoms with Crippen molar-refractivity contribution < 1.29 is 32.5 Å². The van der Waals surface area contributed by atoms with Gasteiger partial charge in [-0.15, -0.1) is 13.2 Å². The average molecular weight is 375 g/mol. The van der Waals surface area contributed by atoms with E-state index < -0.39 is 18.0 Å². The molecular formula is C16H20F3N3O4. The predicted molar refractivity (Wildman–Crippen MR) is 85.4 cm³/mol. The van der Waals surface area contributed by atoms with Crippen molar-refractivity contribution in [3.8, 4) is 5.75 Å². The number of hydrogen-bond donors (Lipinski definition) is 4. The molecule has 1 aliphatic rings. The highest BCUT2D eigenvalue weighted by atomic mass is 19.4. The maximum atomic E-state index is 12.2. The fraction of sp³-hybridized carbons (Fsp3) is 0.438. The Morgan fingerprint density at radius 1 is 1.15 bits per heavy atom.